The fourth-order valence-corrected chi connectivity index (χ4v) is 3.69. The van der Waals surface area contributed by atoms with E-state index in [0.717, 1.165) is 37.9 Å². The maximum atomic E-state index is 13.3. The molecule has 2 aromatic carbocycles. The quantitative estimate of drug-likeness (QED) is 0.795. The Morgan fingerprint density at radius 2 is 2.04 bits per heavy atom. The molecule has 1 fully saturated rings. The number of hydrogen-bond acceptors (Lipinski definition) is 3. The van der Waals surface area contributed by atoms with Gasteiger partial charge in [-0.25, -0.2) is 4.39 Å². The number of methoxy groups -OCH3 is 1. The lowest BCUT2D eigenvalue weighted by atomic mass is 9.90. The van der Waals surface area contributed by atoms with E-state index in [1.807, 2.05) is 6.07 Å². The molecule has 1 N–H and O–H groups in total. The first-order valence-corrected chi connectivity index (χ1v) is 9.51. The Kier molecular flexibility index (Phi) is 6.69. The van der Waals surface area contributed by atoms with Gasteiger partial charge in [-0.15, -0.1) is 0 Å². The number of halogens is 2. The van der Waals surface area contributed by atoms with E-state index in [-0.39, 0.29) is 11.7 Å². The van der Waals surface area contributed by atoms with Crippen molar-refractivity contribution >= 4 is 23.2 Å². The fraction of sp³-hybridized carbons (Fsp3) is 0.381. The largest absolute Gasteiger partial charge is 0.495 e. The van der Waals surface area contributed by atoms with Gasteiger partial charge < -0.3 is 10.1 Å². The van der Waals surface area contributed by atoms with Crippen molar-refractivity contribution in [1.29, 1.82) is 0 Å². The second-order valence-electron chi connectivity index (χ2n) is 6.95. The van der Waals surface area contributed by atoms with Crippen LogP contribution in [0.5, 0.6) is 5.75 Å². The third-order valence-electron chi connectivity index (χ3n) is 4.92. The van der Waals surface area contributed by atoms with Crippen molar-refractivity contribution in [2.24, 2.45) is 5.92 Å². The Morgan fingerprint density at radius 1 is 1.26 bits per heavy atom. The predicted octanol–water partition coefficient (Wildman–Crippen LogP) is 4.38. The minimum atomic E-state index is -0.182. The SMILES string of the molecule is COc1ccc(Cl)cc1NC(=O)CN1CCC(Cc2cccc(F)c2)CC1. The molecule has 0 saturated carbocycles. The van der Waals surface area contributed by atoms with Crippen molar-refractivity contribution in [3.63, 3.8) is 0 Å². The van der Waals surface area contributed by atoms with Gasteiger partial charge in [-0.2, -0.15) is 0 Å². The van der Waals surface area contributed by atoms with E-state index in [1.165, 1.54) is 6.07 Å². The standard InChI is InChI=1S/C21H24ClFN2O2/c1-27-20-6-5-17(22)13-19(20)24-21(26)14-25-9-7-15(8-10-25)11-16-3-2-4-18(23)12-16/h2-6,12-13,15H,7-11,14H2,1H3,(H,24,26). The van der Waals surface area contributed by atoms with Gasteiger partial charge in [0.2, 0.25) is 5.91 Å². The fourth-order valence-electron chi connectivity index (χ4n) is 3.52. The van der Waals surface area contributed by atoms with Crippen LogP contribution < -0.4 is 10.1 Å². The van der Waals surface area contributed by atoms with Gasteiger partial charge in [-0.05, 0) is 74.2 Å². The minimum absolute atomic E-state index is 0.0841. The molecule has 0 atom stereocenters. The van der Waals surface area contributed by atoms with E-state index >= 15 is 0 Å². The molecule has 1 heterocycles. The molecule has 27 heavy (non-hydrogen) atoms. The topological polar surface area (TPSA) is 41.6 Å². The van der Waals surface area contributed by atoms with Crippen molar-refractivity contribution in [3.8, 4) is 5.75 Å². The molecule has 0 aromatic heterocycles. The number of likely N-dealkylation sites (tertiary alicyclic amines) is 1. The predicted molar refractivity (Wildman–Crippen MR) is 106 cm³/mol. The number of benzene rings is 2. The van der Waals surface area contributed by atoms with Crippen molar-refractivity contribution in [2.45, 2.75) is 19.3 Å². The molecule has 1 amide bonds. The monoisotopic (exact) mass is 390 g/mol. The molecule has 0 radical (unpaired) electrons. The van der Waals surface area contributed by atoms with Crippen LogP contribution in [0.15, 0.2) is 42.5 Å². The van der Waals surface area contributed by atoms with Crippen LogP contribution in [0, 0.1) is 11.7 Å². The van der Waals surface area contributed by atoms with Crippen molar-refractivity contribution in [2.75, 3.05) is 32.1 Å². The molecule has 1 aliphatic heterocycles. The van der Waals surface area contributed by atoms with Crippen molar-refractivity contribution in [3.05, 3.63) is 58.9 Å². The number of carbonyl (C=O) groups is 1. The van der Waals surface area contributed by atoms with Crippen LogP contribution in [-0.2, 0) is 11.2 Å². The Bertz CT molecular complexity index is 792. The molecule has 1 aliphatic rings. The summed E-state index contributed by atoms with van der Waals surface area (Å²) < 4.78 is 18.6. The number of rotatable bonds is 6. The number of amides is 1. The van der Waals surface area contributed by atoms with E-state index in [9.17, 15) is 9.18 Å². The highest BCUT2D eigenvalue weighted by Crippen LogP contribution is 2.28. The molecule has 0 aliphatic carbocycles. The highest BCUT2D eigenvalue weighted by Gasteiger charge is 2.21. The number of nitrogens with zero attached hydrogens (tertiary/aromatic N) is 1. The molecule has 144 valence electrons. The van der Waals surface area contributed by atoms with Crippen molar-refractivity contribution in [1.82, 2.24) is 4.90 Å². The summed E-state index contributed by atoms with van der Waals surface area (Å²) in [6, 6.07) is 12.0. The smallest absolute Gasteiger partial charge is 0.238 e. The first-order chi connectivity index (χ1) is 13.0. The number of hydrogen-bond donors (Lipinski definition) is 1. The van der Waals surface area contributed by atoms with E-state index < -0.39 is 0 Å². The van der Waals surface area contributed by atoms with E-state index in [1.54, 1.807) is 37.4 Å². The zero-order valence-corrected chi connectivity index (χ0v) is 16.1. The van der Waals surface area contributed by atoms with Gasteiger partial charge in [0.1, 0.15) is 11.6 Å². The first-order valence-electron chi connectivity index (χ1n) is 9.13. The Labute approximate surface area is 164 Å². The number of piperidine rings is 1. The zero-order valence-electron chi connectivity index (χ0n) is 15.4. The normalized spacial score (nSPS) is 15.5. The van der Waals surface area contributed by atoms with Crippen LogP contribution in [0.1, 0.15) is 18.4 Å². The molecule has 0 spiro atoms. The van der Waals surface area contributed by atoms with Gasteiger partial charge in [0.05, 0.1) is 19.3 Å². The van der Waals surface area contributed by atoms with E-state index in [0.29, 0.717) is 28.9 Å². The Hall–Kier alpha value is -2.11. The van der Waals surface area contributed by atoms with Crippen LogP contribution >= 0.6 is 11.6 Å². The first kappa shape index (κ1) is 19.6. The average Bonchev–Trinajstić information content (AvgIpc) is 2.63. The Balaban J connectivity index is 1.47. The molecule has 4 nitrogen and oxygen atoms in total. The lowest BCUT2D eigenvalue weighted by Gasteiger charge is -2.31. The summed E-state index contributed by atoms with van der Waals surface area (Å²) in [5.41, 5.74) is 1.62. The lowest BCUT2D eigenvalue weighted by Crippen LogP contribution is -2.39. The summed E-state index contributed by atoms with van der Waals surface area (Å²) in [5, 5.41) is 3.42. The van der Waals surface area contributed by atoms with Crippen LogP contribution in [0.2, 0.25) is 5.02 Å². The second-order valence-corrected chi connectivity index (χ2v) is 7.38. The minimum Gasteiger partial charge on any atom is -0.495 e. The molecule has 0 bridgehead atoms. The van der Waals surface area contributed by atoms with Gasteiger partial charge in [-0.1, -0.05) is 23.7 Å². The summed E-state index contributed by atoms with van der Waals surface area (Å²) in [5.74, 6) is 0.845. The van der Waals surface area contributed by atoms with Gasteiger partial charge in [0.25, 0.3) is 0 Å². The van der Waals surface area contributed by atoms with Crippen LogP contribution in [0.4, 0.5) is 10.1 Å². The lowest BCUT2D eigenvalue weighted by molar-refractivity contribution is -0.117. The third-order valence-corrected chi connectivity index (χ3v) is 5.16. The summed E-state index contributed by atoms with van der Waals surface area (Å²) >= 11 is 6.00. The Morgan fingerprint density at radius 3 is 2.74 bits per heavy atom. The molecular formula is C21H24ClFN2O2. The van der Waals surface area contributed by atoms with Gasteiger partial charge in [0.15, 0.2) is 0 Å². The maximum absolute atomic E-state index is 13.3. The van der Waals surface area contributed by atoms with Gasteiger partial charge in [0, 0.05) is 5.02 Å². The number of carbonyl (C=O) groups excluding carboxylic acids is 1. The summed E-state index contributed by atoms with van der Waals surface area (Å²) in [4.78, 5) is 14.5. The summed E-state index contributed by atoms with van der Waals surface area (Å²) in [6.07, 6.45) is 2.89. The highest BCUT2D eigenvalue weighted by atomic mass is 35.5. The molecule has 1 saturated heterocycles. The van der Waals surface area contributed by atoms with Crippen LogP contribution in [0.3, 0.4) is 0 Å². The highest BCUT2D eigenvalue weighted by molar-refractivity contribution is 6.31. The summed E-state index contributed by atoms with van der Waals surface area (Å²) in [7, 11) is 1.56. The average molecular weight is 391 g/mol. The zero-order chi connectivity index (χ0) is 19.2. The molecular weight excluding hydrogens is 367 g/mol. The van der Waals surface area contributed by atoms with E-state index in [2.05, 4.69) is 10.2 Å². The molecule has 0 unspecified atom stereocenters. The second kappa shape index (κ2) is 9.20. The van der Waals surface area contributed by atoms with Gasteiger partial charge in [-0.3, -0.25) is 9.69 Å². The molecule has 2 aromatic rings. The molecule has 3 rings (SSSR count). The number of anilines is 1. The third kappa shape index (κ3) is 5.68. The van der Waals surface area contributed by atoms with Crippen LogP contribution in [-0.4, -0.2) is 37.6 Å². The van der Waals surface area contributed by atoms with E-state index in [4.69, 9.17) is 16.3 Å². The number of ether oxygens (including phenoxy) is 1. The molecule has 6 heteroatoms. The number of nitrogens with one attached hydrogen (secondary N) is 1. The van der Waals surface area contributed by atoms with Gasteiger partial charge >= 0.3 is 0 Å². The summed E-state index contributed by atoms with van der Waals surface area (Å²) in [6.45, 7) is 2.06. The van der Waals surface area contributed by atoms with Crippen LogP contribution in [0.25, 0.3) is 0 Å². The maximum Gasteiger partial charge on any atom is 0.238 e. The van der Waals surface area contributed by atoms with Crippen molar-refractivity contribution < 1.29 is 13.9 Å².